The van der Waals surface area contributed by atoms with Crippen LogP contribution in [0.3, 0.4) is 0 Å². The van der Waals surface area contributed by atoms with E-state index in [-0.39, 0.29) is 16.7 Å². The molecule has 2 heterocycles. The summed E-state index contributed by atoms with van der Waals surface area (Å²) in [6, 6.07) is 9.33. The Bertz CT molecular complexity index is 909. The van der Waals surface area contributed by atoms with Crippen molar-refractivity contribution in [2.75, 3.05) is 31.1 Å². The van der Waals surface area contributed by atoms with Crippen LogP contribution in [0.5, 0.6) is 0 Å². The molecule has 2 aromatic rings. The van der Waals surface area contributed by atoms with Crippen LogP contribution in [0.2, 0.25) is 5.02 Å². The van der Waals surface area contributed by atoms with E-state index in [1.807, 2.05) is 43.0 Å². The minimum Gasteiger partial charge on any atom is -0.368 e. The van der Waals surface area contributed by atoms with Crippen LogP contribution < -0.4 is 10.5 Å². The second-order valence-electron chi connectivity index (χ2n) is 6.83. The molecule has 1 aliphatic heterocycles. The van der Waals surface area contributed by atoms with Crippen molar-refractivity contribution in [3.63, 3.8) is 0 Å². The summed E-state index contributed by atoms with van der Waals surface area (Å²) in [5.41, 5.74) is 1.74. The summed E-state index contributed by atoms with van der Waals surface area (Å²) < 4.78 is 1.50. The van der Waals surface area contributed by atoms with E-state index in [2.05, 4.69) is 9.88 Å². The van der Waals surface area contributed by atoms with Gasteiger partial charge in [0.05, 0.1) is 5.25 Å². The molecule has 1 atom stereocenters. The van der Waals surface area contributed by atoms with Gasteiger partial charge in [-0.3, -0.25) is 14.2 Å². The fraction of sp³-hybridized carbons (Fsp3) is 0.450. The highest BCUT2D eigenvalue weighted by Gasteiger charge is 2.26. The molecule has 0 bridgehead atoms. The molecule has 150 valence electrons. The number of piperazine rings is 1. The van der Waals surface area contributed by atoms with Gasteiger partial charge in [0.25, 0.3) is 5.56 Å². The zero-order valence-electron chi connectivity index (χ0n) is 16.4. The lowest BCUT2D eigenvalue weighted by molar-refractivity contribution is -0.130. The minimum atomic E-state index is -0.303. The largest absolute Gasteiger partial charge is 0.368 e. The van der Waals surface area contributed by atoms with Gasteiger partial charge < -0.3 is 9.80 Å². The molecular formula is C20H25ClN4O2S. The van der Waals surface area contributed by atoms with Crippen molar-refractivity contribution >= 4 is 35.0 Å². The van der Waals surface area contributed by atoms with E-state index in [0.29, 0.717) is 29.7 Å². The predicted molar refractivity (Wildman–Crippen MR) is 114 cm³/mol. The molecule has 1 saturated heterocycles. The van der Waals surface area contributed by atoms with Crippen molar-refractivity contribution in [2.24, 2.45) is 7.05 Å². The molecular weight excluding hydrogens is 396 g/mol. The first kappa shape index (κ1) is 20.7. The van der Waals surface area contributed by atoms with E-state index in [4.69, 9.17) is 11.6 Å². The Kier molecular flexibility index (Phi) is 6.67. The molecule has 1 unspecified atom stereocenters. The van der Waals surface area contributed by atoms with Crippen molar-refractivity contribution < 1.29 is 4.79 Å². The molecule has 1 fully saturated rings. The number of thioether (sulfide) groups is 1. The quantitative estimate of drug-likeness (QED) is 0.550. The lowest BCUT2D eigenvalue weighted by atomic mass is 10.2. The van der Waals surface area contributed by atoms with Crippen LogP contribution >= 0.6 is 23.4 Å². The molecule has 0 N–H and O–H groups in total. The Balaban J connectivity index is 1.62. The lowest BCUT2D eigenvalue weighted by Crippen LogP contribution is -2.50. The Hall–Kier alpha value is -1.99. The SMILES string of the molecule is CCc1cc(=O)n(C)c(SC(C)C(=O)N2CCN(c3cccc(Cl)c3)CC2)n1. The number of benzene rings is 1. The van der Waals surface area contributed by atoms with Crippen molar-refractivity contribution in [3.8, 4) is 0 Å². The van der Waals surface area contributed by atoms with Crippen molar-refractivity contribution in [1.82, 2.24) is 14.5 Å². The highest BCUT2D eigenvalue weighted by atomic mass is 35.5. The smallest absolute Gasteiger partial charge is 0.254 e. The maximum Gasteiger partial charge on any atom is 0.254 e. The fourth-order valence-electron chi connectivity index (χ4n) is 3.17. The van der Waals surface area contributed by atoms with Crippen molar-refractivity contribution in [3.05, 3.63) is 51.4 Å². The molecule has 1 aromatic heterocycles. The summed E-state index contributed by atoms with van der Waals surface area (Å²) in [4.78, 5) is 33.6. The number of aryl methyl sites for hydroxylation is 1. The number of hydrogen-bond donors (Lipinski definition) is 0. The molecule has 0 radical (unpaired) electrons. The molecule has 6 nitrogen and oxygen atoms in total. The van der Waals surface area contributed by atoms with Gasteiger partial charge in [0, 0.05) is 55.7 Å². The first-order chi connectivity index (χ1) is 13.4. The third-order valence-corrected chi connectivity index (χ3v) is 6.27. The average Bonchev–Trinajstić information content (AvgIpc) is 2.70. The van der Waals surface area contributed by atoms with E-state index < -0.39 is 0 Å². The highest BCUT2D eigenvalue weighted by molar-refractivity contribution is 8.00. The van der Waals surface area contributed by atoms with Gasteiger partial charge in [0.2, 0.25) is 5.91 Å². The number of amides is 1. The Morgan fingerprint density at radius 3 is 2.61 bits per heavy atom. The molecule has 0 aliphatic carbocycles. The van der Waals surface area contributed by atoms with E-state index in [9.17, 15) is 9.59 Å². The lowest BCUT2D eigenvalue weighted by Gasteiger charge is -2.37. The normalized spacial score (nSPS) is 15.6. The van der Waals surface area contributed by atoms with E-state index in [1.165, 1.54) is 16.3 Å². The summed E-state index contributed by atoms with van der Waals surface area (Å²) >= 11 is 7.43. The number of carbonyl (C=O) groups is 1. The van der Waals surface area contributed by atoms with Crippen molar-refractivity contribution in [2.45, 2.75) is 30.7 Å². The van der Waals surface area contributed by atoms with Crippen LogP contribution in [0.4, 0.5) is 5.69 Å². The molecule has 1 aromatic carbocycles. The van der Waals surface area contributed by atoms with E-state index in [1.54, 1.807) is 13.1 Å². The summed E-state index contributed by atoms with van der Waals surface area (Å²) in [6.07, 6.45) is 0.692. The van der Waals surface area contributed by atoms with Crippen LogP contribution in [0, 0.1) is 0 Å². The number of hydrogen-bond acceptors (Lipinski definition) is 5. The van der Waals surface area contributed by atoms with Gasteiger partial charge >= 0.3 is 0 Å². The second-order valence-corrected chi connectivity index (χ2v) is 8.58. The first-order valence-electron chi connectivity index (χ1n) is 9.42. The monoisotopic (exact) mass is 420 g/mol. The highest BCUT2D eigenvalue weighted by Crippen LogP contribution is 2.24. The third kappa shape index (κ3) is 4.70. The summed E-state index contributed by atoms with van der Waals surface area (Å²) in [6.45, 7) is 6.71. The van der Waals surface area contributed by atoms with Gasteiger partial charge in [-0.25, -0.2) is 4.98 Å². The standard InChI is InChI=1S/C20H25ClN4O2S/c1-4-16-13-18(26)23(3)20(22-16)28-14(2)19(27)25-10-8-24(9-11-25)17-7-5-6-15(21)12-17/h5-7,12-14H,4,8-11H2,1-3H3. The number of nitrogens with zero attached hydrogens (tertiary/aromatic N) is 4. The van der Waals surface area contributed by atoms with Gasteiger partial charge in [-0.05, 0) is 31.5 Å². The summed E-state index contributed by atoms with van der Waals surface area (Å²) in [7, 11) is 1.69. The fourth-order valence-corrected chi connectivity index (χ4v) is 4.34. The van der Waals surface area contributed by atoms with Gasteiger partial charge in [0.15, 0.2) is 5.16 Å². The Morgan fingerprint density at radius 1 is 1.25 bits per heavy atom. The molecule has 1 aliphatic rings. The third-order valence-electron chi connectivity index (χ3n) is 4.90. The van der Waals surface area contributed by atoms with Crippen LogP contribution in [0.25, 0.3) is 0 Å². The summed E-state index contributed by atoms with van der Waals surface area (Å²) in [5.74, 6) is 0.0758. The van der Waals surface area contributed by atoms with E-state index >= 15 is 0 Å². The van der Waals surface area contributed by atoms with Crippen molar-refractivity contribution in [1.29, 1.82) is 0 Å². The summed E-state index contributed by atoms with van der Waals surface area (Å²) in [5, 5.41) is 0.999. The number of halogens is 1. The van der Waals surface area contributed by atoms with Gasteiger partial charge in [-0.1, -0.05) is 36.4 Å². The topological polar surface area (TPSA) is 58.4 Å². The zero-order valence-corrected chi connectivity index (χ0v) is 18.0. The number of carbonyl (C=O) groups excluding carboxylic acids is 1. The molecule has 8 heteroatoms. The molecule has 0 spiro atoms. The maximum absolute atomic E-state index is 12.9. The Labute approximate surface area is 174 Å². The average molecular weight is 421 g/mol. The Morgan fingerprint density at radius 2 is 1.96 bits per heavy atom. The first-order valence-corrected chi connectivity index (χ1v) is 10.7. The van der Waals surface area contributed by atoms with Crippen LogP contribution in [0.1, 0.15) is 19.5 Å². The van der Waals surface area contributed by atoms with Crippen LogP contribution in [0.15, 0.2) is 40.3 Å². The zero-order chi connectivity index (χ0) is 20.3. The van der Waals surface area contributed by atoms with Gasteiger partial charge in [0.1, 0.15) is 0 Å². The molecule has 3 rings (SSSR count). The molecule has 28 heavy (non-hydrogen) atoms. The minimum absolute atomic E-state index is 0.0758. The maximum atomic E-state index is 12.9. The molecule has 0 saturated carbocycles. The number of anilines is 1. The van der Waals surface area contributed by atoms with Gasteiger partial charge in [-0.2, -0.15) is 0 Å². The molecule has 1 amide bonds. The number of aromatic nitrogens is 2. The predicted octanol–water partition coefficient (Wildman–Crippen LogP) is 2.83. The van der Waals surface area contributed by atoms with Crippen LogP contribution in [-0.2, 0) is 18.3 Å². The van der Waals surface area contributed by atoms with Crippen LogP contribution in [-0.4, -0.2) is 51.8 Å². The second kappa shape index (κ2) is 9.01. The van der Waals surface area contributed by atoms with Gasteiger partial charge in [-0.15, -0.1) is 0 Å². The number of rotatable bonds is 5. The van der Waals surface area contributed by atoms with E-state index in [0.717, 1.165) is 24.5 Å².